The molecule has 22 valence electrons. The van der Waals surface area contributed by atoms with Crippen LogP contribution in [0.25, 0.3) is 0 Å². The van der Waals surface area contributed by atoms with Crippen LogP contribution in [-0.2, 0) is 0 Å². The number of hydrogen-bond donors (Lipinski definition) is 0. The quantitative estimate of drug-likeness (QED) is 0.292. The summed E-state index contributed by atoms with van der Waals surface area (Å²) in [5, 5.41) is 0. The largest absolute Gasteiger partial charge is 0.187 e. The Hall–Kier alpha value is 0.868. The maximum absolute atomic E-state index is 1.30. The molecule has 1 saturated heterocycles. The standard InChI is InChI=1S/H7Si4/c1-2-4-3-1/h1H,2-4H2/q+1. The van der Waals surface area contributed by atoms with Gasteiger partial charge < -0.3 is 0 Å². The first-order valence-electron chi connectivity index (χ1n) is 1.82. The lowest BCUT2D eigenvalue weighted by molar-refractivity contribution is 3.76. The van der Waals surface area contributed by atoms with Crippen molar-refractivity contribution >= 4 is 34.2 Å². The Morgan fingerprint density at radius 1 is 1.25 bits per heavy atom. The van der Waals surface area contributed by atoms with E-state index in [9.17, 15) is 0 Å². The fraction of sp³-hybridized carbons (Fsp3) is 0. The van der Waals surface area contributed by atoms with Gasteiger partial charge in [0.2, 0.25) is 0 Å². The minimum atomic E-state index is 0.889. The maximum atomic E-state index is 1.30. The summed E-state index contributed by atoms with van der Waals surface area (Å²) in [6, 6.07) is 0. The lowest BCUT2D eigenvalue weighted by Crippen LogP contribution is -2.38. The van der Waals surface area contributed by atoms with Crippen LogP contribution in [-0.4, -0.2) is 34.2 Å². The zero-order valence-electron chi connectivity index (χ0n) is 2.70. The molecule has 0 saturated carbocycles. The van der Waals surface area contributed by atoms with Crippen molar-refractivity contribution in [3.63, 3.8) is 0 Å². The van der Waals surface area contributed by atoms with Crippen LogP contribution in [0.5, 0.6) is 0 Å². The highest BCUT2D eigenvalue weighted by Crippen LogP contribution is 1.62. The zero-order valence-corrected chi connectivity index (χ0v) is 8.10. The fourth-order valence-corrected chi connectivity index (χ4v) is 16.5. The van der Waals surface area contributed by atoms with E-state index in [2.05, 4.69) is 0 Å². The van der Waals surface area contributed by atoms with Crippen molar-refractivity contribution in [2.75, 3.05) is 0 Å². The average Bonchev–Trinajstić information content (AvgIpc) is 0.722. The third kappa shape index (κ3) is 0.422. The molecule has 0 bridgehead atoms. The molecular formula is H7Si4+. The van der Waals surface area contributed by atoms with Gasteiger partial charge in [0.1, 0.15) is 0 Å². The number of rotatable bonds is 0. The molecule has 0 aromatic heterocycles. The molecule has 1 rings (SSSR count). The highest BCUT2D eigenvalue weighted by Gasteiger charge is 2.15. The Morgan fingerprint density at radius 3 is 1.50 bits per heavy atom. The smallest absolute Gasteiger partial charge is 0.0706 e. The molecule has 0 N–H and O–H groups in total. The van der Waals surface area contributed by atoms with E-state index in [1.54, 1.807) is 0 Å². The van der Waals surface area contributed by atoms with E-state index in [0.29, 0.717) is 0 Å². The van der Waals surface area contributed by atoms with Gasteiger partial charge in [0, 0.05) is 0 Å². The minimum Gasteiger partial charge on any atom is 0.0706 e. The lowest BCUT2D eigenvalue weighted by Gasteiger charge is -1.85. The first-order chi connectivity index (χ1) is 2.00. The van der Waals surface area contributed by atoms with Gasteiger partial charge in [0.05, 0.1) is 8.55 Å². The van der Waals surface area contributed by atoms with Crippen LogP contribution >= 0.6 is 0 Å². The second kappa shape index (κ2) is 1.34. The molecule has 0 nitrogen and oxygen atoms in total. The summed E-state index contributed by atoms with van der Waals surface area (Å²) in [6.45, 7) is 0. The summed E-state index contributed by atoms with van der Waals surface area (Å²) in [4.78, 5) is 0. The summed E-state index contributed by atoms with van der Waals surface area (Å²) in [5.74, 6) is 0. The van der Waals surface area contributed by atoms with Crippen molar-refractivity contribution in [3.8, 4) is 0 Å². The van der Waals surface area contributed by atoms with Crippen LogP contribution in [0.15, 0.2) is 0 Å². The van der Waals surface area contributed by atoms with E-state index in [1.807, 2.05) is 0 Å². The molecule has 0 aliphatic carbocycles. The van der Waals surface area contributed by atoms with Gasteiger partial charge in [-0.15, -0.1) is 0 Å². The topological polar surface area (TPSA) is 0 Å². The molecule has 4 heteroatoms. The SMILES string of the molecule is [SiH+]1[SiH2][SiH2][SiH2]1. The molecule has 0 aromatic rings. The molecule has 1 fully saturated rings. The van der Waals surface area contributed by atoms with E-state index in [4.69, 9.17) is 0 Å². The number of hydrogen-bond acceptors (Lipinski definition) is 0. The normalized spacial score (nSPS) is 40.0. The summed E-state index contributed by atoms with van der Waals surface area (Å²) < 4.78 is 0. The van der Waals surface area contributed by atoms with Crippen LogP contribution in [0.1, 0.15) is 0 Å². The fourth-order valence-electron chi connectivity index (χ4n) is 0.204. The molecule has 1 heterocycles. The molecule has 0 unspecified atom stereocenters. The summed E-state index contributed by atoms with van der Waals surface area (Å²) in [6.07, 6.45) is 0. The summed E-state index contributed by atoms with van der Waals surface area (Å²) >= 11 is 0. The highest BCUT2D eigenvalue weighted by atomic mass is 30.1. The summed E-state index contributed by atoms with van der Waals surface area (Å²) in [5.41, 5.74) is 0. The Balaban J connectivity index is 2.00. The van der Waals surface area contributed by atoms with Crippen LogP contribution in [0.4, 0.5) is 0 Å². The predicted octanol–water partition coefficient (Wildman–Crippen LogP) is -3.40. The molecule has 0 aromatic carbocycles. The lowest BCUT2D eigenvalue weighted by atomic mass is 26.1. The van der Waals surface area contributed by atoms with Gasteiger partial charge in [-0.2, -0.15) is 0 Å². The molecule has 0 atom stereocenters. The van der Waals surface area contributed by atoms with Gasteiger partial charge in [-0.1, -0.05) is 0 Å². The molecule has 0 amide bonds. The third-order valence-electron chi connectivity index (χ3n) is 0.816. The van der Waals surface area contributed by atoms with Crippen molar-refractivity contribution < 1.29 is 0 Å². The van der Waals surface area contributed by atoms with Crippen molar-refractivity contribution in [1.29, 1.82) is 0 Å². The van der Waals surface area contributed by atoms with Crippen LogP contribution < -0.4 is 0 Å². The predicted molar refractivity (Wildman–Crippen MR) is 32.8 cm³/mol. The van der Waals surface area contributed by atoms with Gasteiger partial charge in [-0.25, -0.2) is 0 Å². The second-order valence-electron chi connectivity index (χ2n) is 1.22. The Bertz CT molecular complexity index is 8.00. The van der Waals surface area contributed by atoms with E-state index < -0.39 is 0 Å². The van der Waals surface area contributed by atoms with E-state index >= 15 is 0 Å². The summed E-state index contributed by atoms with van der Waals surface area (Å²) in [7, 11) is 4.00. The first kappa shape index (κ1) is 3.07. The van der Waals surface area contributed by atoms with Crippen LogP contribution in [0.3, 0.4) is 0 Å². The zero-order chi connectivity index (χ0) is 2.83. The van der Waals surface area contributed by atoms with E-state index in [1.165, 1.54) is 8.55 Å². The van der Waals surface area contributed by atoms with Gasteiger partial charge in [-0.05, 0) is 0 Å². The third-order valence-corrected chi connectivity index (χ3v) is 66.1. The average molecular weight is 119 g/mol. The van der Waals surface area contributed by atoms with Crippen LogP contribution in [0, 0.1) is 0 Å². The first-order valence-corrected chi connectivity index (χ1v) is 16.3. The van der Waals surface area contributed by atoms with Crippen molar-refractivity contribution in [1.82, 2.24) is 0 Å². The van der Waals surface area contributed by atoms with Crippen molar-refractivity contribution in [2.45, 2.75) is 0 Å². The Morgan fingerprint density at radius 2 is 1.50 bits per heavy atom. The van der Waals surface area contributed by atoms with Gasteiger partial charge in [-0.3, -0.25) is 0 Å². The highest BCUT2D eigenvalue weighted by molar-refractivity contribution is 7.75. The molecular weight excluding hydrogens is 112 g/mol. The molecule has 1 aliphatic rings. The second-order valence-corrected chi connectivity index (χ2v) is 32.9. The molecule has 4 heavy (non-hydrogen) atoms. The minimum absolute atomic E-state index is 0.889. The molecule has 0 radical (unpaired) electrons. The Labute approximate surface area is 34.8 Å². The monoisotopic (exact) mass is 119 g/mol. The molecule has 0 spiro atoms. The van der Waals surface area contributed by atoms with Crippen molar-refractivity contribution in [2.24, 2.45) is 0 Å². The van der Waals surface area contributed by atoms with Gasteiger partial charge in [0.25, 0.3) is 0 Å². The Kier molecular flexibility index (Phi) is 1.03. The van der Waals surface area contributed by atoms with Crippen LogP contribution in [0.2, 0.25) is 0 Å². The van der Waals surface area contributed by atoms with Crippen molar-refractivity contribution in [3.05, 3.63) is 0 Å². The van der Waals surface area contributed by atoms with Gasteiger partial charge in [0.15, 0.2) is 25.7 Å². The van der Waals surface area contributed by atoms with E-state index in [0.717, 1.165) is 25.7 Å². The maximum Gasteiger partial charge on any atom is 0.187 e. The molecule has 1 aliphatic heterocycles. The van der Waals surface area contributed by atoms with Gasteiger partial charge >= 0.3 is 0 Å². The van der Waals surface area contributed by atoms with E-state index in [-0.39, 0.29) is 0 Å².